The predicted octanol–water partition coefficient (Wildman–Crippen LogP) is 4.16. The molecule has 0 aromatic heterocycles. The second-order valence-corrected chi connectivity index (χ2v) is 7.03. The minimum atomic E-state index is -0.253. The van der Waals surface area contributed by atoms with E-state index in [1.165, 1.54) is 5.56 Å². The molecule has 0 aliphatic heterocycles. The Balaban J connectivity index is 2.14. The molecule has 2 rings (SSSR count). The molecule has 0 spiro atoms. The van der Waals surface area contributed by atoms with Crippen LogP contribution >= 0.6 is 0 Å². The first-order valence-electron chi connectivity index (χ1n) is 8.44. The van der Waals surface area contributed by atoms with Crippen molar-refractivity contribution in [2.75, 3.05) is 14.2 Å². The van der Waals surface area contributed by atoms with Crippen LogP contribution in [0.3, 0.4) is 0 Å². The summed E-state index contributed by atoms with van der Waals surface area (Å²) in [6.07, 6.45) is 0. The number of hydrazone groups is 1. The maximum Gasteiger partial charge on any atom is 0.271 e. The number of amides is 1. The quantitative estimate of drug-likeness (QED) is 0.648. The Morgan fingerprint density at radius 1 is 1.00 bits per heavy atom. The molecule has 0 heterocycles. The van der Waals surface area contributed by atoms with Crippen molar-refractivity contribution < 1.29 is 14.3 Å². The van der Waals surface area contributed by atoms with Gasteiger partial charge in [-0.3, -0.25) is 4.79 Å². The van der Waals surface area contributed by atoms with Gasteiger partial charge in [0.25, 0.3) is 5.91 Å². The Hall–Kier alpha value is -2.82. The van der Waals surface area contributed by atoms with Gasteiger partial charge >= 0.3 is 0 Å². The fraction of sp³-hybridized carbons (Fsp3) is 0.333. The van der Waals surface area contributed by atoms with Crippen molar-refractivity contribution in [1.82, 2.24) is 5.43 Å². The average Bonchev–Trinajstić information content (AvgIpc) is 2.64. The summed E-state index contributed by atoms with van der Waals surface area (Å²) < 4.78 is 10.6. The highest BCUT2D eigenvalue weighted by atomic mass is 16.5. The lowest BCUT2D eigenvalue weighted by Gasteiger charge is -2.18. The molecule has 0 fully saturated rings. The third kappa shape index (κ3) is 4.63. The first kappa shape index (κ1) is 19.5. The summed E-state index contributed by atoms with van der Waals surface area (Å²) in [5.41, 5.74) is 5.82. The molecule has 0 saturated heterocycles. The Kier molecular flexibility index (Phi) is 6.03. The van der Waals surface area contributed by atoms with E-state index in [0.717, 1.165) is 5.56 Å². The number of carbonyl (C=O) groups is 1. The van der Waals surface area contributed by atoms with Gasteiger partial charge in [0.15, 0.2) is 0 Å². The summed E-state index contributed by atoms with van der Waals surface area (Å²) in [4.78, 5) is 12.3. The summed E-state index contributed by atoms with van der Waals surface area (Å²) >= 11 is 0. The van der Waals surface area contributed by atoms with Crippen LogP contribution in [0.15, 0.2) is 47.6 Å². The topological polar surface area (TPSA) is 59.9 Å². The maximum absolute atomic E-state index is 12.3. The van der Waals surface area contributed by atoms with Gasteiger partial charge in [-0.25, -0.2) is 5.43 Å². The van der Waals surface area contributed by atoms with Gasteiger partial charge in [-0.15, -0.1) is 0 Å². The lowest BCUT2D eigenvalue weighted by molar-refractivity contribution is 0.0954. The molecule has 26 heavy (non-hydrogen) atoms. The summed E-state index contributed by atoms with van der Waals surface area (Å²) in [5.74, 6) is 1.08. The Bertz CT molecular complexity index is 803. The molecule has 138 valence electrons. The Morgan fingerprint density at radius 2 is 1.65 bits per heavy atom. The Labute approximate surface area is 155 Å². The van der Waals surface area contributed by atoms with Gasteiger partial charge in [0.05, 0.1) is 19.9 Å². The molecule has 0 atom stereocenters. The number of ether oxygens (including phenoxy) is 2. The maximum atomic E-state index is 12.3. The molecule has 0 aliphatic carbocycles. The SMILES string of the molecule is COc1ccc(/C(C)=N/NC(=O)c2ccc(C(C)(C)C)cc2)c(OC)c1. The second kappa shape index (κ2) is 8.04. The summed E-state index contributed by atoms with van der Waals surface area (Å²) in [7, 11) is 3.18. The molecule has 1 amide bonds. The zero-order valence-corrected chi connectivity index (χ0v) is 16.2. The summed E-state index contributed by atoms with van der Waals surface area (Å²) in [5, 5.41) is 4.20. The first-order chi connectivity index (χ1) is 12.3. The molecule has 2 aromatic carbocycles. The molecular weight excluding hydrogens is 328 g/mol. The van der Waals surface area contributed by atoms with Crippen molar-refractivity contribution in [1.29, 1.82) is 0 Å². The van der Waals surface area contributed by atoms with Gasteiger partial charge < -0.3 is 9.47 Å². The van der Waals surface area contributed by atoms with Crippen LogP contribution in [0.5, 0.6) is 11.5 Å². The van der Waals surface area contributed by atoms with E-state index < -0.39 is 0 Å². The highest BCUT2D eigenvalue weighted by Crippen LogP contribution is 2.25. The van der Waals surface area contributed by atoms with Gasteiger partial charge in [0.1, 0.15) is 11.5 Å². The van der Waals surface area contributed by atoms with Crippen LogP contribution in [0.2, 0.25) is 0 Å². The van der Waals surface area contributed by atoms with Crippen LogP contribution < -0.4 is 14.9 Å². The van der Waals surface area contributed by atoms with Crippen molar-refractivity contribution >= 4 is 11.6 Å². The van der Waals surface area contributed by atoms with Crippen molar-refractivity contribution in [3.05, 3.63) is 59.2 Å². The van der Waals surface area contributed by atoms with E-state index in [1.54, 1.807) is 20.3 Å². The molecule has 5 heteroatoms. The molecule has 0 radical (unpaired) electrons. The molecule has 0 bridgehead atoms. The Morgan fingerprint density at radius 3 is 2.19 bits per heavy atom. The van der Waals surface area contributed by atoms with Crippen molar-refractivity contribution in [2.24, 2.45) is 5.10 Å². The molecule has 1 N–H and O–H groups in total. The minimum Gasteiger partial charge on any atom is -0.497 e. The fourth-order valence-electron chi connectivity index (χ4n) is 2.48. The van der Waals surface area contributed by atoms with Gasteiger partial charge in [0, 0.05) is 17.2 Å². The van der Waals surface area contributed by atoms with E-state index in [2.05, 4.69) is 31.3 Å². The van der Waals surface area contributed by atoms with Crippen LogP contribution in [-0.4, -0.2) is 25.8 Å². The number of nitrogens with zero attached hydrogens (tertiary/aromatic N) is 1. The van der Waals surface area contributed by atoms with E-state index >= 15 is 0 Å². The number of rotatable bonds is 5. The highest BCUT2D eigenvalue weighted by Gasteiger charge is 2.14. The zero-order chi connectivity index (χ0) is 19.3. The van der Waals surface area contributed by atoms with Crippen molar-refractivity contribution in [2.45, 2.75) is 33.1 Å². The smallest absolute Gasteiger partial charge is 0.271 e. The normalized spacial score (nSPS) is 11.8. The van der Waals surface area contributed by atoms with E-state index in [-0.39, 0.29) is 11.3 Å². The van der Waals surface area contributed by atoms with Crippen molar-refractivity contribution in [3.8, 4) is 11.5 Å². The van der Waals surface area contributed by atoms with Gasteiger partial charge in [-0.1, -0.05) is 32.9 Å². The van der Waals surface area contributed by atoms with Crippen LogP contribution in [0.1, 0.15) is 49.2 Å². The average molecular weight is 354 g/mol. The van der Waals surface area contributed by atoms with Crippen LogP contribution in [0.4, 0.5) is 0 Å². The lowest BCUT2D eigenvalue weighted by atomic mass is 9.87. The highest BCUT2D eigenvalue weighted by molar-refractivity contribution is 6.02. The first-order valence-corrected chi connectivity index (χ1v) is 8.44. The largest absolute Gasteiger partial charge is 0.497 e. The number of hydrogen-bond donors (Lipinski definition) is 1. The molecule has 0 aliphatic rings. The summed E-state index contributed by atoms with van der Waals surface area (Å²) in [6, 6.07) is 13.0. The van der Waals surface area contributed by atoms with Crippen molar-refractivity contribution in [3.63, 3.8) is 0 Å². The number of benzene rings is 2. The number of hydrogen-bond acceptors (Lipinski definition) is 4. The monoisotopic (exact) mass is 354 g/mol. The summed E-state index contributed by atoms with van der Waals surface area (Å²) in [6.45, 7) is 8.22. The molecule has 5 nitrogen and oxygen atoms in total. The van der Waals surface area contributed by atoms with Crippen LogP contribution in [0.25, 0.3) is 0 Å². The van der Waals surface area contributed by atoms with Gasteiger partial charge in [-0.05, 0) is 42.2 Å². The standard InChI is InChI=1S/C21H26N2O3/c1-14(18-12-11-17(25-5)13-19(18)26-6)22-23-20(24)15-7-9-16(10-8-15)21(2,3)4/h7-13H,1-6H3,(H,23,24)/b22-14+. The third-order valence-electron chi connectivity index (χ3n) is 4.14. The molecule has 0 unspecified atom stereocenters. The zero-order valence-electron chi connectivity index (χ0n) is 16.2. The van der Waals surface area contributed by atoms with E-state index in [9.17, 15) is 4.79 Å². The van der Waals surface area contributed by atoms with E-state index in [4.69, 9.17) is 9.47 Å². The number of nitrogens with one attached hydrogen (secondary N) is 1. The molecule has 2 aromatic rings. The van der Waals surface area contributed by atoms with Gasteiger partial charge in [-0.2, -0.15) is 5.10 Å². The lowest BCUT2D eigenvalue weighted by Crippen LogP contribution is -2.20. The number of carbonyl (C=O) groups excluding carboxylic acids is 1. The van der Waals surface area contributed by atoms with E-state index in [0.29, 0.717) is 22.8 Å². The fourth-order valence-corrected chi connectivity index (χ4v) is 2.48. The van der Waals surface area contributed by atoms with Crippen LogP contribution in [-0.2, 0) is 5.41 Å². The minimum absolute atomic E-state index is 0.0503. The van der Waals surface area contributed by atoms with Crippen LogP contribution in [0, 0.1) is 0 Å². The molecular formula is C21H26N2O3. The van der Waals surface area contributed by atoms with E-state index in [1.807, 2.05) is 43.3 Å². The van der Waals surface area contributed by atoms with Gasteiger partial charge in [0.2, 0.25) is 0 Å². The third-order valence-corrected chi connectivity index (χ3v) is 4.14. The molecule has 0 saturated carbocycles. The predicted molar refractivity (Wildman–Crippen MR) is 104 cm³/mol. The number of methoxy groups -OCH3 is 2. The second-order valence-electron chi connectivity index (χ2n) is 7.03.